The summed E-state index contributed by atoms with van der Waals surface area (Å²) in [5.74, 6) is 1.33. The summed E-state index contributed by atoms with van der Waals surface area (Å²) >= 11 is 1.39. The quantitative estimate of drug-likeness (QED) is 0.354. The number of benzene rings is 3. The Hall–Kier alpha value is -3.90. The second-order valence-electron chi connectivity index (χ2n) is 7.05. The number of fused-ring (bicyclic) bond motifs is 1. The number of carbonyl (C=O) groups excluding carboxylic acids is 1. The van der Waals surface area contributed by atoms with Crippen LogP contribution < -0.4 is 10.1 Å². The van der Waals surface area contributed by atoms with Crippen LogP contribution in [0.4, 0.5) is 5.69 Å². The molecule has 3 aromatic carbocycles. The maximum atomic E-state index is 12.9. The molecular weight excluding hydrogens is 406 g/mol. The minimum Gasteiger partial charge on any atom is -0.457 e. The van der Waals surface area contributed by atoms with E-state index in [1.807, 2.05) is 102 Å². The Balaban J connectivity index is 1.32. The van der Waals surface area contributed by atoms with Crippen LogP contribution in [0.3, 0.4) is 0 Å². The highest BCUT2D eigenvalue weighted by Gasteiger charge is 2.18. The van der Waals surface area contributed by atoms with Gasteiger partial charge in [-0.25, -0.2) is 4.98 Å². The van der Waals surface area contributed by atoms with E-state index in [1.54, 1.807) is 0 Å². The van der Waals surface area contributed by atoms with Crippen molar-refractivity contribution in [3.05, 3.63) is 102 Å². The van der Waals surface area contributed by atoms with E-state index in [0.29, 0.717) is 16.3 Å². The lowest BCUT2D eigenvalue weighted by Gasteiger charge is -2.08. The molecule has 5 aromatic rings. The van der Waals surface area contributed by atoms with Crippen LogP contribution in [0.1, 0.15) is 15.4 Å². The van der Waals surface area contributed by atoms with Crippen molar-refractivity contribution in [2.75, 3.05) is 5.32 Å². The summed E-state index contributed by atoms with van der Waals surface area (Å²) in [6, 6.07) is 26.9. The highest BCUT2D eigenvalue weighted by Crippen LogP contribution is 2.28. The summed E-state index contributed by atoms with van der Waals surface area (Å²) in [4.78, 5) is 19.0. The smallest absolute Gasteiger partial charge is 0.267 e. The first-order valence-corrected chi connectivity index (χ1v) is 10.7. The number of aryl methyl sites for hydroxylation is 1. The summed E-state index contributed by atoms with van der Waals surface area (Å²) in [6.07, 6.45) is 1.98. The van der Waals surface area contributed by atoms with Crippen LogP contribution in [-0.4, -0.2) is 15.3 Å². The van der Waals surface area contributed by atoms with E-state index in [4.69, 9.17) is 9.72 Å². The summed E-state index contributed by atoms with van der Waals surface area (Å²) in [5, 5.41) is 2.96. The molecule has 6 heteroatoms. The number of rotatable bonds is 5. The fourth-order valence-electron chi connectivity index (χ4n) is 3.33. The first kappa shape index (κ1) is 19.1. The number of hydrogen-bond acceptors (Lipinski definition) is 4. The van der Waals surface area contributed by atoms with Crippen LogP contribution >= 0.6 is 11.3 Å². The molecule has 0 atom stereocenters. The first-order valence-electron chi connectivity index (χ1n) is 9.85. The summed E-state index contributed by atoms with van der Waals surface area (Å²) in [6.45, 7) is 1.94. The molecule has 1 N–H and O–H groups in total. The topological polar surface area (TPSA) is 55.6 Å². The number of carbonyl (C=O) groups is 1. The molecule has 0 fully saturated rings. The number of anilines is 1. The van der Waals surface area contributed by atoms with Crippen LogP contribution in [0.25, 0.3) is 16.2 Å². The van der Waals surface area contributed by atoms with Crippen LogP contribution in [0.2, 0.25) is 0 Å². The molecule has 5 nitrogen and oxygen atoms in total. The second-order valence-corrected chi connectivity index (χ2v) is 8.03. The zero-order valence-corrected chi connectivity index (χ0v) is 17.6. The van der Waals surface area contributed by atoms with E-state index in [1.165, 1.54) is 11.3 Å². The van der Waals surface area contributed by atoms with Crippen LogP contribution in [-0.2, 0) is 0 Å². The Labute approximate surface area is 183 Å². The highest BCUT2D eigenvalue weighted by atomic mass is 32.1. The molecule has 2 aromatic heterocycles. The molecule has 31 heavy (non-hydrogen) atoms. The molecule has 2 heterocycles. The molecule has 0 aliphatic heterocycles. The average Bonchev–Trinajstić information content (AvgIpc) is 3.36. The first-order chi connectivity index (χ1) is 15.2. The lowest BCUT2D eigenvalue weighted by Crippen LogP contribution is -2.11. The number of ether oxygens (including phenoxy) is 1. The standard InChI is InChI=1S/C25H19N3O2S/c1-17-23(31-25-27-22(16-28(17)25)18-8-4-2-5-9-18)24(29)26-19-12-14-21(15-13-19)30-20-10-6-3-7-11-20/h2-16H,1H3,(H,26,29). The number of hydrogen-bond donors (Lipinski definition) is 1. The van der Waals surface area contributed by atoms with E-state index in [-0.39, 0.29) is 5.91 Å². The largest absolute Gasteiger partial charge is 0.457 e. The molecule has 0 aliphatic carbocycles. The molecule has 1 amide bonds. The van der Waals surface area contributed by atoms with Gasteiger partial charge in [0.1, 0.15) is 16.4 Å². The lowest BCUT2D eigenvalue weighted by molar-refractivity contribution is 0.102. The van der Waals surface area contributed by atoms with Gasteiger partial charge >= 0.3 is 0 Å². The fourth-order valence-corrected chi connectivity index (χ4v) is 4.33. The van der Waals surface area contributed by atoms with E-state index in [9.17, 15) is 4.79 Å². The summed E-state index contributed by atoms with van der Waals surface area (Å²) in [5.41, 5.74) is 3.54. The van der Waals surface area contributed by atoms with Gasteiger partial charge in [0.15, 0.2) is 4.96 Å². The Morgan fingerprint density at radius 3 is 2.23 bits per heavy atom. The van der Waals surface area contributed by atoms with Gasteiger partial charge in [-0.3, -0.25) is 9.20 Å². The van der Waals surface area contributed by atoms with Gasteiger partial charge in [-0.2, -0.15) is 0 Å². The van der Waals surface area contributed by atoms with Gasteiger partial charge < -0.3 is 10.1 Å². The Bertz CT molecular complexity index is 1340. The monoisotopic (exact) mass is 425 g/mol. The Kier molecular flexibility index (Phi) is 4.98. The van der Waals surface area contributed by atoms with Crippen molar-refractivity contribution >= 4 is 27.9 Å². The molecule has 0 aliphatic rings. The van der Waals surface area contributed by atoms with Gasteiger partial charge in [-0.05, 0) is 43.3 Å². The molecule has 0 radical (unpaired) electrons. The number of nitrogens with one attached hydrogen (secondary N) is 1. The Morgan fingerprint density at radius 2 is 1.55 bits per heavy atom. The maximum Gasteiger partial charge on any atom is 0.267 e. The normalized spacial score (nSPS) is 10.9. The maximum absolute atomic E-state index is 12.9. The molecule has 0 unspecified atom stereocenters. The average molecular weight is 426 g/mol. The van der Waals surface area contributed by atoms with Crippen molar-refractivity contribution in [1.29, 1.82) is 0 Å². The number of aromatic nitrogens is 2. The molecule has 0 saturated carbocycles. The number of amides is 1. The zero-order valence-electron chi connectivity index (χ0n) is 16.8. The third-order valence-corrected chi connectivity index (χ3v) is 6.08. The number of imidazole rings is 1. The third kappa shape index (κ3) is 3.93. The zero-order chi connectivity index (χ0) is 21.2. The number of para-hydroxylation sites is 1. The van der Waals surface area contributed by atoms with Crippen molar-refractivity contribution in [3.63, 3.8) is 0 Å². The predicted molar refractivity (Wildman–Crippen MR) is 124 cm³/mol. The second kappa shape index (κ2) is 8.08. The van der Waals surface area contributed by atoms with Crippen LogP contribution in [0.15, 0.2) is 91.1 Å². The van der Waals surface area contributed by atoms with Crippen molar-refractivity contribution in [1.82, 2.24) is 9.38 Å². The Morgan fingerprint density at radius 1 is 0.903 bits per heavy atom. The van der Waals surface area contributed by atoms with Crippen molar-refractivity contribution < 1.29 is 9.53 Å². The molecular formula is C25H19N3O2S. The number of thiazole rings is 1. The van der Waals surface area contributed by atoms with E-state index < -0.39 is 0 Å². The van der Waals surface area contributed by atoms with Crippen molar-refractivity contribution in [3.8, 4) is 22.8 Å². The molecule has 0 bridgehead atoms. The van der Waals surface area contributed by atoms with Crippen LogP contribution in [0.5, 0.6) is 11.5 Å². The van der Waals surface area contributed by atoms with Gasteiger partial charge in [-0.1, -0.05) is 59.9 Å². The molecule has 0 saturated heterocycles. The summed E-state index contributed by atoms with van der Waals surface area (Å²) < 4.78 is 7.77. The molecule has 0 spiro atoms. The van der Waals surface area contributed by atoms with Gasteiger partial charge in [0, 0.05) is 23.1 Å². The van der Waals surface area contributed by atoms with Gasteiger partial charge in [0.05, 0.1) is 5.69 Å². The SMILES string of the molecule is Cc1c(C(=O)Nc2ccc(Oc3ccccc3)cc2)sc2nc(-c3ccccc3)cn12. The van der Waals surface area contributed by atoms with Gasteiger partial charge in [-0.15, -0.1) is 0 Å². The van der Waals surface area contributed by atoms with Gasteiger partial charge in [0.2, 0.25) is 0 Å². The number of nitrogens with zero attached hydrogens (tertiary/aromatic N) is 2. The fraction of sp³-hybridized carbons (Fsp3) is 0.0400. The summed E-state index contributed by atoms with van der Waals surface area (Å²) in [7, 11) is 0. The highest BCUT2D eigenvalue weighted by molar-refractivity contribution is 7.19. The van der Waals surface area contributed by atoms with Gasteiger partial charge in [0.25, 0.3) is 5.91 Å². The minimum atomic E-state index is -0.147. The predicted octanol–water partition coefficient (Wildman–Crippen LogP) is 6.42. The lowest BCUT2D eigenvalue weighted by atomic mass is 10.2. The van der Waals surface area contributed by atoms with Crippen molar-refractivity contribution in [2.45, 2.75) is 6.92 Å². The van der Waals surface area contributed by atoms with Crippen LogP contribution in [0, 0.1) is 6.92 Å². The minimum absolute atomic E-state index is 0.147. The van der Waals surface area contributed by atoms with E-state index >= 15 is 0 Å². The van der Waals surface area contributed by atoms with Crippen molar-refractivity contribution in [2.24, 2.45) is 0 Å². The van der Waals surface area contributed by atoms with E-state index in [0.717, 1.165) is 27.7 Å². The molecule has 5 rings (SSSR count). The third-order valence-electron chi connectivity index (χ3n) is 4.92. The molecule has 152 valence electrons. The van der Waals surface area contributed by atoms with E-state index in [2.05, 4.69) is 5.32 Å².